The zero-order valence-corrected chi connectivity index (χ0v) is 15.2. The number of para-hydroxylation sites is 1. The summed E-state index contributed by atoms with van der Waals surface area (Å²) in [5.41, 5.74) is 1.54. The van der Waals surface area contributed by atoms with E-state index in [0.29, 0.717) is 23.9 Å². The number of rotatable bonds is 7. The number of unbranched alkanes of at least 4 members (excludes halogenated alkanes) is 1. The lowest BCUT2D eigenvalue weighted by Gasteiger charge is -2.24. The van der Waals surface area contributed by atoms with Crippen LogP contribution >= 0.6 is 11.3 Å². The number of fused-ring (bicyclic) bond motifs is 1. The van der Waals surface area contributed by atoms with Gasteiger partial charge in [0, 0.05) is 6.54 Å². The Hall–Kier alpha value is -1.88. The van der Waals surface area contributed by atoms with Crippen LogP contribution in [0, 0.1) is 11.3 Å². The number of thiazole rings is 1. The third kappa shape index (κ3) is 3.31. The number of aromatic nitrogens is 1. The molecule has 2 N–H and O–H groups in total. The summed E-state index contributed by atoms with van der Waals surface area (Å²) in [7, 11) is 0. The average Bonchev–Trinajstić information content (AvgIpc) is 3.11. The molecule has 0 aliphatic carbocycles. The molecule has 2 heterocycles. The number of nitrogens with zero attached hydrogens (tertiary/aromatic N) is 2. The molecule has 1 unspecified atom stereocenters. The predicted octanol–water partition coefficient (Wildman–Crippen LogP) is 5.07. The molecule has 1 aliphatic rings. The first-order chi connectivity index (χ1) is 11.6. The Bertz CT molecular complexity index is 732. The normalized spacial score (nSPS) is 16.4. The second kappa shape index (κ2) is 7.34. The summed E-state index contributed by atoms with van der Waals surface area (Å²) in [5.74, 6) is 1.28. The summed E-state index contributed by atoms with van der Waals surface area (Å²) in [5, 5.41) is 19.7. The van der Waals surface area contributed by atoms with Crippen molar-refractivity contribution in [2.24, 2.45) is 5.92 Å². The molecule has 0 fully saturated rings. The van der Waals surface area contributed by atoms with Crippen LogP contribution in [0.3, 0.4) is 0 Å². The highest BCUT2D eigenvalue weighted by Gasteiger charge is 2.31. The summed E-state index contributed by atoms with van der Waals surface area (Å²) < 4.78 is 1.09. The molecule has 0 amide bonds. The number of aliphatic hydroxyl groups is 1. The number of aliphatic hydroxyl groups excluding tert-OH is 1. The highest BCUT2D eigenvalue weighted by Crippen LogP contribution is 2.33. The number of hydrogen-bond donors (Lipinski definition) is 2. The second-order valence-electron chi connectivity index (χ2n) is 6.45. The maximum absolute atomic E-state index is 10.4. The zero-order chi connectivity index (χ0) is 17.1. The molecule has 4 nitrogen and oxygen atoms in total. The maximum Gasteiger partial charge on any atom is 0.135 e. The van der Waals surface area contributed by atoms with E-state index in [4.69, 9.17) is 5.41 Å². The lowest BCUT2D eigenvalue weighted by atomic mass is 9.99. The summed E-state index contributed by atoms with van der Waals surface area (Å²) >= 11 is 1.55. The number of benzene rings is 1. The van der Waals surface area contributed by atoms with Gasteiger partial charge < -0.3 is 10.0 Å². The molecule has 2 aromatic rings. The molecule has 0 saturated heterocycles. The van der Waals surface area contributed by atoms with Gasteiger partial charge in [0.15, 0.2) is 0 Å². The number of hydrogen-bond acceptors (Lipinski definition) is 4. The zero-order valence-electron chi connectivity index (χ0n) is 14.4. The Labute approximate surface area is 147 Å². The van der Waals surface area contributed by atoms with Crippen molar-refractivity contribution in [3.05, 3.63) is 35.0 Å². The third-order valence-corrected chi connectivity index (χ3v) is 5.77. The van der Waals surface area contributed by atoms with Crippen molar-refractivity contribution in [3.8, 4) is 0 Å². The molecule has 1 aromatic carbocycles. The van der Waals surface area contributed by atoms with Gasteiger partial charge in [0.1, 0.15) is 16.6 Å². The lowest BCUT2D eigenvalue weighted by Crippen LogP contribution is -2.32. The molecular weight excluding hydrogens is 318 g/mol. The predicted molar refractivity (Wildman–Crippen MR) is 102 cm³/mol. The summed E-state index contributed by atoms with van der Waals surface area (Å²) in [6, 6.07) is 7.96. The van der Waals surface area contributed by atoms with Gasteiger partial charge in [-0.1, -0.05) is 45.2 Å². The maximum atomic E-state index is 10.4. The molecule has 1 atom stereocenters. The first-order valence-electron chi connectivity index (χ1n) is 8.75. The summed E-state index contributed by atoms with van der Waals surface area (Å²) in [6.07, 6.45) is 4.73. The Morgan fingerprint density at radius 1 is 1.33 bits per heavy atom. The van der Waals surface area contributed by atoms with E-state index in [1.54, 1.807) is 11.3 Å². The average molecular weight is 343 g/mol. The van der Waals surface area contributed by atoms with Crippen molar-refractivity contribution >= 4 is 33.0 Å². The summed E-state index contributed by atoms with van der Waals surface area (Å²) in [4.78, 5) is 6.61. The first kappa shape index (κ1) is 17.0. The van der Waals surface area contributed by atoms with Crippen LogP contribution < -0.4 is 0 Å². The van der Waals surface area contributed by atoms with E-state index < -0.39 is 0 Å². The van der Waals surface area contributed by atoms with Crippen molar-refractivity contribution in [2.45, 2.75) is 39.5 Å². The van der Waals surface area contributed by atoms with E-state index in [1.165, 1.54) is 19.3 Å². The molecule has 5 heteroatoms. The van der Waals surface area contributed by atoms with E-state index in [1.807, 2.05) is 29.2 Å². The smallest absolute Gasteiger partial charge is 0.135 e. The van der Waals surface area contributed by atoms with Crippen molar-refractivity contribution in [1.82, 2.24) is 9.88 Å². The van der Waals surface area contributed by atoms with Gasteiger partial charge >= 0.3 is 0 Å². The minimum Gasteiger partial charge on any atom is -0.510 e. The van der Waals surface area contributed by atoms with Crippen molar-refractivity contribution in [1.29, 1.82) is 5.41 Å². The van der Waals surface area contributed by atoms with Gasteiger partial charge in [-0.25, -0.2) is 4.98 Å². The fourth-order valence-corrected chi connectivity index (χ4v) is 4.26. The van der Waals surface area contributed by atoms with Crippen molar-refractivity contribution in [2.75, 3.05) is 13.1 Å². The molecule has 1 aromatic heterocycles. The van der Waals surface area contributed by atoms with Gasteiger partial charge in [-0.2, -0.15) is 0 Å². The van der Waals surface area contributed by atoms with E-state index in [-0.39, 0.29) is 5.76 Å². The quantitative estimate of drug-likeness (QED) is 0.737. The van der Waals surface area contributed by atoms with Crippen molar-refractivity contribution in [3.63, 3.8) is 0 Å². The standard InChI is InChI=1S/C19H25N3OS/c1-3-5-8-13(4-2)11-22-12-15(23)17(18(22)20)19-21-14-9-6-7-10-16(14)24-19/h6-7,9-10,13,20,23H,3-5,8,11-12H2,1-2H3. The molecule has 1 aliphatic heterocycles. The van der Waals surface area contributed by atoms with Crippen molar-refractivity contribution < 1.29 is 5.11 Å². The molecular formula is C19H25N3OS. The Morgan fingerprint density at radius 3 is 2.83 bits per heavy atom. The van der Waals surface area contributed by atoms with Crippen LogP contribution in [-0.2, 0) is 0 Å². The topological polar surface area (TPSA) is 60.2 Å². The first-order valence-corrected chi connectivity index (χ1v) is 9.57. The molecule has 24 heavy (non-hydrogen) atoms. The van der Waals surface area contributed by atoms with Crippen LogP contribution in [0.1, 0.15) is 44.5 Å². The highest BCUT2D eigenvalue weighted by molar-refractivity contribution is 7.19. The Balaban J connectivity index is 1.78. The number of amidine groups is 1. The highest BCUT2D eigenvalue weighted by atomic mass is 32.1. The molecule has 0 spiro atoms. The molecule has 128 valence electrons. The molecule has 0 bridgehead atoms. The van der Waals surface area contributed by atoms with E-state index in [0.717, 1.165) is 28.2 Å². The second-order valence-corrected chi connectivity index (χ2v) is 7.48. The van der Waals surface area contributed by atoms with E-state index in [9.17, 15) is 5.11 Å². The van der Waals surface area contributed by atoms with Gasteiger partial charge in [-0.05, 0) is 24.5 Å². The summed E-state index contributed by atoms with van der Waals surface area (Å²) in [6.45, 7) is 5.70. The van der Waals surface area contributed by atoms with Gasteiger partial charge in [-0.3, -0.25) is 5.41 Å². The van der Waals surface area contributed by atoms with E-state index >= 15 is 0 Å². The van der Waals surface area contributed by atoms with Gasteiger partial charge in [-0.15, -0.1) is 11.3 Å². The lowest BCUT2D eigenvalue weighted by molar-refractivity contribution is 0.298. The fourth-order valence-electron chi connectivity index (χ4n) is 3.22. The minimum absolute atomic E-state index is 0.282. The van der Waals surface area contributed by atoms with E-state index in [2.05, 4.69) is 18.8 Å². The molecule has 0 radical (unpaired) electrons. The largest absolute Gasteiger partial charge is 0.510 e. The fraction of sp³-hybridized carbons (Fsp3) is 0.474. The van der Waals surface area contributed by atoms with Crippen LogP contribution in [0.4, 0.5) is 0 Å². The van der Waals surface area contributed by atoms with Crippen LogP contribution in [0.15, 0.2) is 30.0 Å². The molecule has 3 rings (SSSR count). The molecule has 0 saturated carbocycles. The SMILES string of the molecule is CCCCC(CC)CN1CC(O)=C(c2nc3ccccc3s2)C1=N. The minimum atomic E-state index is 0.282. The number of nitrogens with one attached hydrogen (secondary N) is 1. The third-order valence-electron chi connectivity index (χ3n) is 4.71. The van der Waals surface area contributed by atoms with Crippen LogP contribution in [-0.4, -0.2) is 33.9 Å². The monoisotopic (exact) mass is 343 g/mol. The Morgan fingerprint density at radius 2 is 2.12 bits per heavy atom. The van der Waals surface area contributed by atoms with Gasteiger partial charge in [0.05, 0.1) is 22.3 Å². The van der Waals surface area contributed by atoms with Crippen LogP contribution in [0.5, 0.6) is 0 Å². The van der Waals surface area contributed by atoms with Crippen LogP contribution in [0.2, 0.25) is 0 Å². The van der Waals surface area contributed by atoms with Crippen LogP contribution in [0.25, 0.3) is 15.8 Å². The van der Waals surface area contributed by atoms with Gasteiger partial charge in [0.25, 0.3) is 0 Å². The Kier molecular flexibility index (Phi) is 5.19. The van der Waals surface area contributed by atoms with Gasteiger partial charge in [0.2, 0.25) is 0 Å².